The van der Waals surface area contributed by atoms with E-state index in [1.165, 1.54) is 24.3 Å². The first-order valence-electron chi connectivity index (χ1n) is 10.3. The van der Waals surface area contributed by atoms with E-state index in [1.54, 1.807) is 31.2 Å². The quantitative estimate of drug-likeness (QED) is 0.294. The van der Waals surface area contributed by atoms with Crippen molar-refractivity contribution in [2.24, 2.45) is 0 Å². The van der Waals surface area contributed by atoms with Gasteiger partial charge in [-0.3, -0.25) is 9.59 Å². The van der Waals surface area contributed by atoms with Gasteiger partial charge in [-0.15, -0.1) is 0 Å². The second-order valence-corrected chi connectivity index (χ2v) is 7.90. The van der Waals surface area contributed by atoms with Crippen LogP contribution in [0.25, 0.3) is 0 Å². The molecule has 3 aromatic carbocycles. The molecule has 7 nitrogen and oxygen atoms in total. The van der Waals surface area contributed by atoms with Crippen molar-refractivity contribution in [1.82, 2.24) is 0 Å². The molecule has 0 saturated carbocycles. The molecule has 3 rings (SSSR count). The molecule has 0 fully saturated rings. The monoisotopic (exact) mass is 510 g/mol. The van der Waals surface area contributed by atoms with Crippen molar-refractivity contribution in [3.63, 3.8) is 0 Å². The van der Waals surface area contributed by atoms with E-state index in [2.05, 4.69) is 26.6 Å². The molecule has 0 aliphatic carbocycles. The predicted molar refractivity (Wildman–Crippen MR) is 130 cm³/mol. The van der Waals surface area contributed by atoms with Crippen LogP contribution in [0.1, 0.15) is 29.3 Å². The van der Waals surface area contributed by atoms with E-state index in [9.17, 15) is 14.4 Å². The van der Waals surface area contributed by atoms with E-state index in [-0.39, 0.29) is 24.2 Å². The summed E-state index contributed by atoms with van der Waals surface area (Å²) in [6.45, 7) is 1.89. The third kappa shape index (κ3) is 7.47. The number of anilines is 2. The Kier molecular flexibility index (Phi) is 8.60. The van der Waals surface area contributed by atoms with E-state index in [0.717, 1.165) is 10.0 Å². The largest absolute Gasteiger partial charge is 0.513 e. The Morgan fingerprint density at radius 1 is 0.879 bits per heavy atom. The van der Waals surface area contributed by atoms with Crippen LogP contribution in [0.3, 0.4) is 0 Å². The van der Waals surface area contributed by atoms with Crippen molar-refractivity contribution < 1.29 is 23.9 Å². The fourth-order valence-corrected chi connectivity index (χ4v) is 3.42. The van der Waals surface area contributed by atoms with E-state index >= 15 is 0 Å². The van der Waals surface area contributed by atoms with Gasteiger partial charge in [0.05, 0.1) is 18.0 Å². The average molecular weight is 511 g/mol. The number of carbonyl (C=O) groups is 3. The summed E-state index contributed by atoms with van der Waals surface area (Å²) >= 11 is 3.43. The molecule has 33 heavy (non-hydrogen) atoms. The van der Waals surface area contributed by atoms with Gasteiger partial charge >= 0.3 is 6.16 Å². The van der Waals surface area contributed by atoms with Crippen molar-refractivity contribution in [3.05, 3.63) is 88.4 Å². The number of nitrogens with one attached hydrogen (secondary N) is 2. The Balaban J connectivity index is 1.59. The number of hydrogen-bond acceptors (Lipinski definition) is 5. The number of ether oxygens (including phenoxy) is 2. The highest BCUT2D eigenvalue weighted by Gasteiger charge is 2.12. The number of amides is 2. The molecule has 0 aliphatic heterocycles. The summed E-state index contributed by atoms with van der Waals surface area (Å²) in [4.78, 5) is 36.5. The van der Waals surface area contributed by atoms with E-state index in [4.69, 9.17) is 9.47 Å². The molecule has 0 heterocycles. The van der Waals surface area contributed by atoms with Crippen LogP contribution in [0, 0.1) is 0 Å². The first-order valence-corrected chi connectivity index (χ1v) is 11.1. The van der Waals surface area contributed by atoms with Crippen molar-refractivity contribution in [3.8, 4) is 5.75 Å². The van der Waals surface area contributed by atoms with Crippen LogP contribution in [-0.4, -0.2) is 24.6 Å². The number of carbonyl (C=O) groups excluding carboxylic acids is 3. The Morgan fingerprint density at radius 2 is 1.58 bits per heavy atom. The van der Waals surface area contributed by atoms with Crippen molar-refractivity contribution >= 4 is 45.3 Å². The highest BCUT2D eigenvalue weighted by atomic mass is 79.9. The molecular formula is C25H23BrN2O5. The third-order valence-electron chi connectivity index (χ3n) is 4.56. The topological polar surface area (TPSA) is 93.7 Å². The van der Waals surface area contributed by atoms with E-state index in [0.29, 0.717) is 29.8 Å². The maximum absolute atomic E-state index is 12.7. The van der Waals surface area contributed by atoms with Gasteiger partial charge < -0.3 is 20.1 Å². The standard InChI is InChI=1S/C25H23BrN2O5/c1-2-32-25(31)33-20-13-11-18(12-14-20)24(30)28-22-9-4-3-8-21(22)27-23(29)15-10-17-6-5-7-19(26)16-17/h3-9,11-14,16H,2,10,15H2,1H3,(H,27,29)(H,28,30). The Morgan fingerprint density at radius 3 is 2.24 bits per heavy atom. The summed E-state index contributed by atoms with van der Waals surface area (Å²) in [6, 6.07) is 20.9. The molecule has 0 spiro atoms. The van der Waals surface area contributed by atoms with Gasteiger partial charge in [-0.25, -0.2) is 4.79 Å². The van der Waals surface area contributed by atoms with Crippen LogP contribution in [-0.2, 0) is 16.0 Å². The van der Waals surface area contributed by atoms with Crippen LogP contribution < -0.4 is 15.4 Å². The number of benzene rings is 3. The van der Waals surface area contributed by atoms with Crippen LogP contribution in [0.2, 0.25) is 0 Å². The molecule has 8 heteroatoms. The molecule has 0 atom stereocenters. The fourth-order valence-electron chi connectivity index (χ4n) is 2.98. The summed E-state index contributed by atoms with van der Waals surface area (Å²) < 4.78 is 10.7. The zero-order chi connectivity index (χ0) is 23.6. The number of para-hydroxylation sites is 2. The second kappa shape index (κ2) is 11.8. The molecule has 170 valence electrons. The molecule has 0 saturated heterocycles. The lowest BCUT2D eigenvalue weighted by Crippen LogP contribution is -2.17. The van der Waals surface area contributed by atoms with Gasteiger partial charge in [-0.1, -0.05) is 40.2 Å². The van der Waals surface area contributed by atoms with E-state index < -0.39 is 6.16 Å². The summed E-state index contributed by atoms with van der Waals surface area (Å²) in [5, 5.41) is 5.66. The second-order valence-electron chi connectivity index (χ2n) is 6.99. The molecule has 0 radical (unpaired) electrons. The van der Waals surface area contributed by atoms with Gasteiger partial charge in [0.2, 0.25) is 5.91 Å². The third-order valence-corrected chi connectivity index (χ3v) is 5.05. The summed E-state index contributed by atoms with van der Waals surface area (Å²) in [5.74, 6) is -0.256. The minimum absolute atomic E-state index is 0.155. The first-order chi connectivity index (χ1) is 15.9. The maximum atomic E-state index is 12.7. The van der Waals surface area contributed by atoms with Gasteiger partial charge in [0.15, 0.2) is 0 Å². The molecule has 2 N–H and O–H groups in total. The predicted octanol–water partition coefficient (Wildman–Crippen LogP) is 5.81. The maximum Gasteiger partial charge on any atom is 0.513 e. The molecule has 2 amide bonds. The van der Waals surface area contributed by atoms with Gasteiger partial charge in [-0.05, 0) is 67.4 Å². The van der Waals surface area contributed by atoms with Crippen LogP contribution in [0.15, 0.2) is 77.3 Å². The highest BCUT2D eigenvalue weighted by molar-refractivity contribution is 9.10. The zero-order valence-electron chi connectivity index (χ0n) is 18.0. The Hall–Kier alpha value is -3.65. The van der Waals surface area contributed by atoms with Gasteiger partial charge in [-0.2, -0.15) is 0 Å². The van der Waals surface area contributed by atoms with Crippen molar-refractivity contribution in [1.29, 1.82) is 0 Å². The normalized spacial score (nSPS) is 10.2. The number of aryl methyl sites for hydroxylation is 1. The molecule has 0 unspecified atom stereocenters. The summed E-state index contributed by atoms with van der Waals surface area (Å²) in [5.41, 5.74) is 2.40. The van der Waals surface area contributed by atoms with E-state index in [1.807, 2.05) is 24.3 Å². The van der Waals surface area contributed by atoms with Gasteiger partial charge in [0, 0.05) is 16.5 Å². The number of halogens is 1. The molecule has 0 aliphatic rings. The molecule has 3 aromatic rings. The number of hydrogen-bond donors (Lipinski definition) is 2. The average Bonchev–Trinajstić information content (AvgIpc) is 2.80. The molecular weight excluding hydrogens is 488 g/mol. The Bertz CT molecular complexity index is 1130. The Labute approximate surface area is 200 Å². The lowest BCUT2D eigenvalue weighted by atomic mass is 10.1. The zero-order valence-corrected chi connectivity index (χ0v) is 19.6. The number of rotatable bonds is 8. The fraction of sp³-hybridized carbons (Fsp3) is 0.160. The van der Waals surface area contributed by atoms with Gasteiger partial charge in [0.1, 0.15) is 5.75 Å². The minimum Gasteiger partial charge on any atom is -0.434 e. The van der Waals surface area contributed by atoms with Gasteiger partial charge in [0.25, 0.3) is 5.91 Å². The highest BCUT2D eigenvalue weighted by Crippen LogP contribution is 2.23. The first kappa shape index (κ1) is 24.0. The van der Waals surface area contributed by atoms with Crippen LogP contribution >= 0.6 is 15.9 Å². The molecule has 0 bridgehead atoms. The molecule has 0 aromatic heterocycles. The van der Waals surface area contributed by atoms with Crippen LogP contribution in [0.5, 0.6) is 5.75 Å². The smallest absolute Gasteiger partial charge is 0.434 e. The lowest BCUT2D eigenvalue weighted by molar-refractivity contribution is -0.116. The lowest BCUT2D eigenvalue weighted by Gasteiger charge is -2.13. The summed E-state index contributed by atoms with van der Waals surface area (Å²) in [6.07, 6.45) is 0.0972. The minimum atomic E-state index is -0.806. The van der Waals surface area contributed by atoms with Crippen molar-refractivity contribution in [2.75, 3.05) is 17.2 Å². The SMILES string of the molecule is CCOC(=O)Oc1ccc(C(=O)Nc2ccccc2NC(=O)CCc2cccc(Br)c2)cc1. The van der Waals surface area contributed by atoms with Crippen LogP contribution in [0.4, 0.5) is 16.2 Å². The summed E-state index contributed by atoms with van der Waals surface area (Å²) in [7, 11) is 0. The van der Waals surface area contributed by atoms with Crippen molar-refractivity contribution in [2.45, 2.75) is 19.8 Å².